The Hall–Kier alpha value is -1.74. The first-order valence-electron chi connectivity index (χ1n) is 4.64. The fourth-order valence-electron chi connectivity index (χ4n) is 1.03. The van der Waals surface area contributed by atoms with E-state index in [-0.39, 0.29) is 0 Å². The number of carbonyl (C=O) groups excluding carboxylic acids is 3. The molecule has 0 amide bonds. The van der Waals surface area contributed by atoms with E-state index < -0.39 is 0 Å². The van der Waals surface area contributed by atoms with Crippen molar-refractivity contribution in [3.05, 3.63) is 48.8 Å². The molecule has 0 atom stereocenters. The second-order valence-corrected chi connectivity index (χ2v) is 2.43. The Bertz CT molecular complexity index is 365. The van der Waals surface area contributed by atoms with Gasteiger partial charge in [-0.15, -0.1) is 0 Å². The zero-order valence-corrected chi connectivity index (χ0v) is 13.7. The van der Waals surface area contributed by atoms with Gasteiger partial charge in [-0.05, 0) is 24.3 Å². The van der Waals surface area contributed by atoms with Crippen molar-refractivity contribution in [3.8, 4) is 11.4 Å². The maximum Gasteiger partial charge on any atom is 0.0886 e. The molecule has 0 bridgehead atoms. The van der Waals surface area contributed by atoms with Crippen LogP contribution in [0.5, 0.6) is 0 Å². The van der Waals surface area contributed by atoms with Crippen LogP contribution in [0.25, 0.3) is 11.4 Å². The predicted molar refractivity (Wildman–Crippen MR) is 73.6 cm³/mol. The van der Waals surface area contributed by atoms with Crippen molar-refractivity contribution in [2.75, 3.05) is 0 Å². The van der Waals surface area contributed by atoms with E-state index in [1.54, 1.807) is 12.4 Å². The van der Waals surface area contributed by atoms with E-state index >= 15 is 0 Å². The minimum atomic E-state index is 0.915. The van der Waals surface area contributed by atoms with Crippen LogP contribution in [0.15, 0.2) is 48.8 Å². The Morgan fingerprint density at radius 3 is 1.20 bits per heavy atom. The van der Waals surface area contributed by atoms with Gasteiger partial charge < -0.3 is 14.4 Å². The molecule has 20 heavy (non-hydrogen) atoms. The number of nitrogens with zero attached hydrogens (tertiary/aromatic N) is 2. The molecule has 2 rings (SSSR count). The van der Waals surface area contributed by atoms with Gasteiger partial charge in [-0.1, -0.05) is 12.1 Å². The molecular formula is C13H11ClN2O3Re-3. The number of halogens is 1. The van der Waals surface area contributed by atoms with Gasteiger partial charge in [0.05, 0.1) is 11.4 Å². The second-order valence-electron chi connectivity index (χ2n) is 2.43. The minimum absolute atomic E-state index is 0.915. The summed E-state index contributed by atoms with van der Waals surface area (Å²) in [7, 11) is 4.69. The van der Waals surface area contributed by atoms with E-state index in [4.69, 9.17) is 23.9 Å². The van der Waals surface area contributed by atoms with Gasteiger partial charge >= 0.3 is 27.7 Å². The van der Waals surface area contributed by atoms with Gasteiger partial charge in [0.1, 0.15) is 0 Å². The third-order valence-corrected chi connectivity index (χ3v) is 1.59. The number of pyridine rings is 2. The number of aromatic nitrogens is 2. The van der Waals surface area contributed by atoms with Gasteiger partial charge in [-0.3, -0.25) is 30.3 Å². The Kier molecular flexibility index (Phi) is 26.2. The normalized spacial score (nSPS) is 6.70. The zero-order valence-electron chi connectivity index (χ0n) is 10.2. The molecule has 0 radical (unpaired) electrons. The summed E-state index contributed by atoms with van der Waals surface area (Å²) in [4.78, 5) is 31.6. The van der Waals surface area contributed by atoms with E-state index in [9.17, 15) is 0 Å². The van der Waals surface area contributed by atoms with Crippen LogP contribution >= 0.6 is 9.53 Å². The van der Waals surface area contributed by atoms with Crippen LogP contribution in [0.1, 0.15) is 0 Å². The van der Waals surface area contributed by atoms with Gasteiger partial charge in [0.2, 0.25) is 0 Å². The summed E-state index contributed by atoms with van der Waals surface area (Å²) in [5.41, 5.74) is 1.83. The van der Waals surface area contributed by atoms with Crippen molar-refractivity contribution in [2.45, 2.75) is 0 Å². The molecule has 0 saturated carbocycles. The molecule has 7 heteroatoms. The minimum Gasteiger partial charge on any atom is -0.255 e. The van der Waals surface area contributed by atoms with Crippen LogP contribution in [0.4, 0.5) is 0 Å². The molecule has 0 N–H and O–H groups in total. The summed E-state index contributed by atoms with van der Waals surface area (Å²) in [5, 5.41) is 0. The van der Waals surface area contributed by atoms with Crippen LogP contribution in [0, 0.1) is 0 Å². The Balaban J connectivity index is -0.000000314. The van der Waals surface area contributed by atoms with Crippen LogP contribution in [0.3, 0.4) is 0 Å². The third kappa shape index (κ3) is 11.4. The topological polar surface area (TPSA) is 77.0 Å². The largest absolute Gasteiger partial charge is 0.255 e. The molecule has 0 fully saturated rings. The Morgan fingerprint density at radius 1 is 0.700 bits per heavy atom. The molecule has 0 aliphatic carbocycles. The van der Waals surface area contributed by atoms with Crippen molar-refractivity contribution in [2.24, 2.45) is 0 Å². The van der Waals surface area contributed by atoms with E-state index in [2.05, 4.69) is 30.3 Å². The molecule has 108 valence electrons. The quantitative estimate of drug-likeness (QED) is 0.476. The molecule has 0 aromatic carbocycles. The number of rotatable bonds is 1. The van der Waals surface area contributed by atoms with Gasteiger partial charge in [-0.2, -0.15) is 0 Å². The van der Waals surface area contributed by atoms with Gasteiger partial charge in [0.25, 0.3) is 0 Å². The summed E-state index contributed by atoms with van der Waals surface area (Å²) in [6.45, 7) is 9.75. The van der Waals surface area contributed by atoms with E-state index in [0.29, 0.717) is 0 Å². The van der Waals surface area contributed by atoms with Crippen LogP contribution < -0.4 is 0 Å². The van der Waals surface area contributed by atoms with E-state index in [1.807, 2.05) is 36.4 Å². The molecule has 5 nitrogen and oxygen atoms in total. The molecule has 0 spiro atoms. The standard InChI is InChI=1S/C10H8N2.3CHO.ClH.Re/c1-3-7-11-9(5-1)10-6-2-4-8-12-10;3*1-2;;/h1-8H;3*1H;1H;/q;3*-1;;+1/p-1. The molecule has 0 aliphatic heterocycles. The van der Waals surface area contributed by atoms with Crippen LogP contribution in [-0.2, 0) is 32.6 Å². The monoisotopic (exact) mass is 465 g/mol. The first-order chi connectivity index (χ1) is 9.97. The predicted octanol–water partition coefficient (Wildman–Crippen LogP) is 2.01. The molecule has 0 aliphatic rings. The maximum atomic E-state index is 7.75. The summed E-state index contributed by atoms with van der Waals surface area (Å²) < 4.78 is 0. The van der Waals surface area contributed by atoms with Gasteiger partial charge in [0, 0.05) is 12.4 Å². The van der Waals surface area contributed by atoms with Crippen LogP contribution in [-0.4, -0.2) is 30.3 Å². The molecular weight excluding hydrogens is 454 g/mol. The van der Waals surface area contributed by atoms with Crippen molar-refractivity contribution in [3.63, 3.8) is 0 Å². The first kappa shape index (κ1) is 23.4. The Morgan fingerprint density at radius 2 is 1.00 bits per heavy atom. The van der Waals surface area contributed by atoms with E-state index in [0.717, 1.165) is 11.4 Å². The Labute approximate surface area is 132 Å². The average molecular weight is 465 g/mol. The van der Waals surface area contributed by atoms with Gasteiger partial charge in [0.15, 0.2) is 0 Å². The first-order valence-corrected chi connectivity index (χ1v) is 8.01. The maximum absolute atomic E-state index is 7.75. The van der Waals surface area contributed by atoms with E-state index in [1.165, 1.54) is 18.2 Å². The summed E-state index contributed by atoms with van der Waals surface area (Å²) >= 11 is 1.19. The molecule has 0 saturated heterocycles. The molecule has 0 unspecified atom stereocenters. The number of hydrogen-bond donors (Lipinski definition) is 0. The van der Waals surface area contributed by atoms with Crippen molar-refractivity contribution in [1.82, 2.24) is 9.97 Å². The third-order valence-electron chi connectivity index (χ3n) is 1.59. The van der Waals surface area contributed by atoms with Crippen molar-refractivity contribution >= 4 is 29.9 Å². The molecule has 2 aromatic heterocycles. The van der Waals surface area contributed by atoms with Crippen LogP contribution in [0.2, 0.25) is 0 Å². The molecule has 2 heterocycles. The van der Waals surface area contributed by atoms with Crippen molar-refractivity contribution < 1.29 is 32.6 Å². The number of hydrogen-bond acceptors (Lipinski definition) is 5. The summed E-state index contributed by atoms with van der Waals surface area (Å²) in [6, 6.07) is 11.6. The molecule has 2 aromatic rings. The summed E-state index contributed by atoms with van der Waals surface area (Å²) in [5.74, 6) is 0. The average Bonchev–Trinajstić information content (AvgIpc) is 2.63. The second kappa shape index (κ2) is 22.4. The summed E-state index contributed by atoms with van der Waals surface area (Å²) in [6.07, 6.45) is 3.54. The SMILES string of the molecule is [CH-]=O.[CH-]=O.[CH-]=O.[Cl][Re].c1ccc(-c2ccccn2)nc1. The zero-order chi connectivity index (χ0) is 16.2. The van der Waals surface area contributed by atoms with Crippen molar-refractivity contribution in [1.29, 1.82) is 0 Å². The fraction of sp³-hybridized carbons (Fsp3) is 0. The fourth-order valence-corrected chi connectivity index (χ4v) is 1.03. The smallest absolute Gasteiger partial charge is 0.0886 e. The van der Waals surface area contributed by atoms with Gasteiger partial charge in [-0.25, -0.2) is 0 Å².